The van der Waals surface area contributed by atoms with Gasteiger partial charge in [0.25, 0.3) is 11.8 Å². The molecule has 27 heavy (non-hydrogen) atoms. The summed E-state index contributed by atoms with van der Waals surface area (Å²) in [6.07, 6.45) is 0. The van der Waals surface area contributed by atoms with Crippen molar-refractivity contribution in [2.24, 2.45) is 0 Å². The van der Waals surface area contributed by atoms with Crippen molar-refractivity contribution in [1.82, 2.24) is 0 Å². The lowest BCUT2D eigenvalue weighted by Crippen LogP contribution is -2.17. The Morgan fingerprint density at radius 3 is 1.93 bits per heavy atom. The van der Waals surface area contributed by atoms with Gasteiger partial charge in [0.1, 0.15) is 0 Å². The molecule has 134 valence electrons. The first-order valence-corrected chi connectivity index (χ1v) is 8.15. The molecule has 3 N–H and O–H groups in total. The lowest BCUT2D eigenvalue weighted by molar-refractivity contribution is 0.0692. The van der Waals surface area contributed by atoms with Crippen LogP contribution >= 0.6 is 0 Å². The number of aromatic carboxylic acids is 1. The Bertz CT molecular complexity index is 1000. The zero-order valence-electron chi connectivity index (χ0n) is 14.2. The molecule has 0 spiro atoms. The van der Waals surface area contributed by atoms with E-state index in [1.807, 2.05) is 18.2 Å². The first kappa shape index (κ1) is 17.9. The number of hydrogen-bond acceptors (Lipinski definition) is 3. The van der Waals surface area contributed by atoms with Gasteiger partial charge < -0.3 is 15.7 Å². The Morgan fingerprint density at radius 1 is 0.630 bits per heavy atom. The zero-order chi connectivity index (χ0) is 19.2. The third kappa shape index (κ3) is 4.38. The molecule has 0 saturated heterocycles. The Hall–Kier alpha value is -3.93. The summed E-state index contributed by atoms with van der Waals surface area (Å²) in [5.74, 6) is -2.06. The number of carbonyl (C=O) groups excluding carboxylic acids is 2. The summed E-state index contributed by atoms with van der Waals surface area (Å²) in [6.45, 7) is 0. The predicted octanol–water partition coefficient (Wildman–Crippen LogP) is 3.89. The maximum absolute atomic E-state index is 12.4. The molecule has 0 aliphatic carbocycles. The fourth-order valence-corrected chi connectivity index (χ4v) is 2.53. The van der Waals surface area contributed by atoms with E-state index in [2.05, 4.69) is 10.6 Å². The predicted molar refractivity (Wildman–Crippen MR) is 102 cm³/mol. The number of rotatable bonds is 5. The van der Waals surface area contributed by atoms with Crippen molar-refractivity contribution in [1.29, 1.82) is 0 Å². The summed E-state index contributed by atoms with van der Waals surface area (Å²) in [5, 5.41) is 14.6. The second-order valence-electron chi connectivity index (χ2n) is 5.71. The molecule has 0 unspecified atom stereocenters. The molecule has 0 saturated carbocycles. The molecule has 2 amide bonds. The normalized spacial score (nSPS) is 10.1. The van der Waals surface area contributed by atoms with Crippen LogP contribution in [-0.2, 0) is 0 Å². The summed E-state index contributed by atoms with van der Waals surface area (Å²) >= 11 is 0. The first-order valence-electron chi connectivity index (χ1n) is 8.15. The van der Waals surface area contributed by atoms with Gasteiger partial charge in [-0.25, -0.2) is 4.79 Å². The number of carbonyl (C=O) groups is 3. The summed E-state index contributed by atoms with van der Waals surface area (Å²) in [7, 11) is 0. The van der Waals surface area contributed by atoms with Crippen LogP contribution in [-0.4, -0.2) is 22.9 Å². The van der Waals surface area contributed by atoms with Crippen LogP contribution in [0.15, 0.2) is 78.9 Å². The highest BCUT2D eigenvalue weighted by atomic mass is 16.4. The van der Waals surface area contributed by atoms with E-state index in [-0.39, 0.29) is 17.0 Å². The highest BCUT2D eigenvalue weighted by molar-refractivity contribution is 6.11. The van der Waals surface area contributed by atoms with Crippen molar-refractivity contribution in [2.45, 2.75) is 0 Å². The zero-order valence-corrected chi connectivity index (χ0v) is 14.2. The van der Waals surface area contributed by atoms with Gasteiger partial charge in [-0.1, -0.05) is 36.4 Å². The van der Waals surface area contributed by atoms with Gasteiger partial charge in [-0.15, -0.1) is 0 Å². The van der Waals surface area contributed by atoms with Gasteiger partial charge in [-0.3, -0.25) is 9.59 Å². The highest BCUT2D eigenvalue weighted by Gasteiger charge is 2.16. The molecule has 0 bridgehead atoms. The van der Waals surface area contributed by atoms with Crippen molar-refractivity contribution in [3.63, 3.8) is 0 Å². The minimum atomic E-state index is -1.18. The third-order valence-electron chi connectivity index (χ3n) is 3.82. The number of hydrogen-bond donors (Lipinski definition) is 3. The van der Waals surface area contributed by atoms with Crippen LogP contribution in [0.4, 0.5) is 11.4 Å². The number of para-hydroxylation sites is 1. The van der Waals surface area contributed by atoms with Gasteiger partial charge in [0.2, 0.25) is 0 Å². The second-order valence-corrected chi connectivity index (χ2v) is 5.71. The van der Waals surface area contributed by atoms with Crippen LogP contribution < -0.4 is 10.6 Å². The van der Waals surface area contributed by atoms with Gasteiger partial charge in [0, 0.05) is 16.9 Å². The van der Waals surface area contributed by atoms with Gasteiger partial charge >= 0.3 is 5.97 Å². The molecular weight excluding hydrogens is 344 g/mol. The summed E-state index contributed by atoms with van der Waals surface area (Å²) in [4.78, 5) is 36.1. The molecular formula is C21H16N2O4. The number of anilines is 2. The number of benzene rings is 3. The monoisotopic (exact) mass is 360 g/mol. The Balaban J connectivity index is 1.77. The topological polar surface area (TPSA) is 95.5 Å². The van der Waals surface area contributed by atoms with E-state index in [0.29, 0.717) is 16.9 Å². The third-order valence-corrected chi connectivity index (χ3v) is 3.82. The molecule has 0 heterocycles. The van der Waals surface area contributed by atoms with Gasteiger partial charge in [0.15, 0.2) is 0 Å². The van der Waals surface area contributed by atoms with E-state index in [1.54, 1.807) is 42.5 Å². The van der Waals surface area contributed by atoms with E-state index < -0.39 is 11.9 Å². The fourth-order valence-electron chi connectivity index (χ4n) is 2.53. The molecule has 0 aliphatic heterocycles. The SMILES string of the molecule is O=C(Nc1ccccc1)c1cccc(NC(=O)c2ccccc2C(=O)O)c1. The molecule has 0 aromatic heterocycles. The number of carboxylic acids is 1. The Kier molecular flexibility index (Phi) is 5.28. The number of nitrogens with one attached hydrogen (secondary N) is 2. The van der Waals surface area contributed by atoms with Crippen LogP contribution in [0.1, 0.15) is 31.1 Å². The second kappa shape index (κ2) is 7.97. The molecule has 6 nitrogen and oxygen atoms in total. The van der Waals surface area contributed by atoms with Crippen LogP contribution in [0, 0.1) is 0 Å². The van der Waals surface area contributed by atoms with Gasteiger partial charge in [-0.2, -0.15) is 0 Å². The number of amides is 2. The maximum atomic E-state index is 12.4. The lowest BCUT2D eigenvalue weighted by atomic mass is 10.1. The molecule has 0 atom stereocenters. The smallest absolute Gasteiger partial charge is 0.336 e. The van der Waals surface area contributed by atoms with Crippen LogP contribution in [0.5, 0.6) is 0 Å². The molecule has 0 aliphatic rings. The van der Waals surface area contributed by atoms with Crippen molar-refractivity contribution in [3.05, 3.63) is 95.6 Å². The molecule has 0 fully saturated rings. The van der Waals surface area contributed by atoms with Crippen molar-refractivity contribution in [3.8, 4) is 0 Å². The van der Waals surface area contributed by atoms with Crippen molar-refractivity contribution >= 4 is 29.2 Å². The standard InChI is InChI=1S/C21H16N2O4/c24-19(22-15-8-2-1-3-9-15)14-7-6-10-16(13-14)23-20(25)17-11-4-5-12-18(17)21(26)27/h1-13H,(H,22,24)(H,23,25)(H,26,27). The Morgan fingerprint density at radius 2 is 1.22 bits per heavy atom. The molecule has 0 radical (unpaired) electrons. The summed E-state index contributed by atoms with van der Waals surface area (Å²) < 4.78 is 0. The van der Waals surface area contributed by atoms with Crippen molar-refractivity contribution < 1.29 is 19.5 Å². The van der Waals surface area contributed by atoms with Crippen LogP contribution in [0.25, 0.3) is 0 Å². The van der Waals surface area contributed by atoms with Gasteiger partial charge in [0.05, 0.1) is 11.1 Å². The van der Waals surface area contributed by atoms with Crippen LogP contribution in [0.3, 0.4) is 0 Å². The molecule has 3 aromatic rings. The largest absolute Gasteiger partial charge is 0.478 e. The van der Waals surface area contributed by atoms with Crippen molar-refractivity contribution in [2.75, 3.05) is 10.6 Å². The minimum absolute atomic E-state index is 0.0455. The van der Waals surface area contributed by atoms with Crippen LogP contribution in [0.2, 0.25) is 0 Å². The average Bonchev–Trinajstić information content (AvgIpc) is 2.69. The number of carboxylic acid groups (broad SMARTS) is 1. The summed E-state index contributed by atoms with van der Waals surface area (Å²) in [5.41, 5.74) is 1.37. The molecule has 6 heteroatoms. The van der Waals surface area contributed by atoms with Gasteiger partial charge in [-0.05, 0) is 42.5 Å². The van der Waals surface area contributed by atoms with E-state index in [1.165, 1.54) is 18.2 Å². The summed E-state index contributed by atoms with van der Waals surface area (Å²) in [6, 6.07) is 21.4. The minimum Gasteiger partial charge on any atom is -0.478 e. The molecule has 3 aromatic carbocycles. The van der Waals surface area contributed by atoms with E-state index >= 15 is 0 Å². The lowest BCUT2D eigenvalue weighted by Gasteiger charge is -2.10. The quantitative estimate of drug-likeness (QED) is 0.643. The first-order chi connectivity index (χ1) is 13.0. The van der Waals surface area contributed by atoms with E-state index in [0.717, 1.165) is 0 Å². The van der Waals surface area contributed by atoms with E-state index in [9.17, 15) is 19.5 Å². The average molecular weight is 360 g/mol. The highest BCUT2D eigenvalue weighted by Crippen LogP contribution is 2.16. The maximum Gasteiger partial charge on any atom is 0.336 e. The molecule has 3 rings (SSSR count). The fraction of sp³-hybridized carbons (Fsp3) is 0. The van der Waals surface area contributed by atoms with E-state index in [4.69, 9.17) is 0 Å². The Labute approximate surface area is 155 Å².